The van der Waals surface area contributed by atoms with Gasteiger partial charge in [0.05, 0.1) is 0 Å². The molecule has 0 spiro atoms. The van der Waals surface area contributed by atoms with E-state index in [-0.39, 0.29) is 18.2 Å². The molecule has 0 saturated carbocycles. The van der Waals surface area contributed by atoms with E-state index < -0.39 is 0 Å². The van der Waals surface area contributed by atoms with E-state index in [1.165, 1.54) is 0 Å². The number of hydrogen-bond donors (Lipinski definition) is 2. The maximum absolute atomic E-state index is 9.50. The number of benzene rings is 1. The van der Waals surface area contributed by atoms with Crippen molar-refractivity contribution in [3.63, 3.8) is 0 Å². The average molecular weight is 206 g/mol. The highest BCUT2D eigenvalue weighted by Gasteiger charge is 2.08. The van der Waals surface area contributed by atoms with Crippen LogP contribution in [-0.4, -0.2) is 20.4 Å². The molecule has 0 atom stereocenters. The van der Waals surface area contributed by atoms with Gasteiger partial charge in [0.15, 0.2) is 5.82 Å². The molecule has 2 N–H and O–H groups in total. The molecule has 78 valence electrons. The average Bonchev–Trinajstić information content (AvgIpc) is 2.69. The molecular weight excluding hydrogens is 196 g/mol. The molecule has 15 heavy (non-hydrogen) atoms. The maximum Gasteiger partial charge on any atom is 0.252 e. The third-order valence-corrected chi connectivity index (χ3v) is 1.99. The molecule has 5 heteroatoms. The Kier molecular flexibility index (Phi) is 2.64. The Morgan fingerprint density at radius 1 is 1.27 bits per heavy atom. The van der Waals surface area contributed by atoms with Gasteiger partial charge in [0.2, 0.25) is 0 Å². The van der Waals surface area contributed by atoms with Crippen molar-refractivity contribution >= 4 is 0 Å². The summed E-state index contributed by atoms with van der Waals surface area (Å²) in [4.78, 5) is 3.93. The van der Waals surface area contributed by atoms with Gasteiger partial charge in [-0.25, -0.2) is 0 Å². The summed E-state index contributed by atoms with van der Waals surface area (Å²) in [6.45, 7) is -0.270. The molecular formula is C10H10N2O3. The van der Waals surface area contributed by atoms with E-state index in [0.717, 1.165) is 5.56 Å². The van der Waals surface area contributed by atoms with Crippen molar-refractivity contribution in [2.75, 3.05) is 0 Å². The SMILES string of the molecule is OCc1nc(Cc2ccccc2O)no1. The monoisotopic (exact) mass is 206 g/mol. The van der Waals surface area contributed by atoms with Gasteiger partial charge >= 0.3 is 0 Å². The van der Waals surface area contributed by atoms with Crippen molar-refractivity contribution in [3.05, 3.63) is 41.5 Å². The Hall–Kier alpha value is -1.88. The second kappa shape index (κ2) is 4.10. The van der Waals surface area contributed by atoms with Gasteiger partial charge in [-0.2, -0.15) is 4.98 Å². The van der Waals surface area contributed by atoms with Crippen LogP contribution in [0.1, 0.15) is 17.3 Å². The summed E-state index contributed by atoms with van der Waals surface area (Å²) < 4.78 is 4.73. The predicted octanol–water partition coefficient (Wildman–Crippen LogP) is 0.858. The number of aromatic hydroxyl groups is 1. The lowest BCUT2D eigenvalue weighted by molar-refractivity contribution is 0.222. The Morgan fingerprint density at radius 2 is 2.07 bits per heavy atom. The molecule has 0 bridgehead atoms. The number of phenolic OH excluding ortho intramolecular Hbond substituents is 1. The van der Waals surface area contributed by atoms with Crippen LogP contribution in [0.5, 0.6) is 5.75 Å². The number of phenols is 1. The summed E-state index contributed by atoms with van der Waals surface area (Å²) in [5.41, 5.74) is 0.725. The minimum Gasteiger partial charge on any atom is -0.508 e. The molecule has 0 amide bonds. The lowest BCUT2D eigenvalue weighted by Crippen LogP contribution is -1.91. The van der Waals surface area contributed by atoms with E-state index in [9.17, 15) is 5.11 Å². The van der Waals surface area contributed by atoms with E-state index in [1.54, 1.807) is 18.2 Å². The van der Waals surface area contributed by atoms with Crippen LogP contribution in [0.4, 0.5) is 0 Å². The lowest BCUT2D eigenvalue weighted by atomic mass is 10.1. The predicted molar refractivity (Wildman–Crippen MR) is 51.1 cm³/mol. The zero-order valence-electron chi connectivity index (χ0n) is 7.92. The van der Waals surface area contributed by atoms with E-state index >= 15 is 0 Å². The molecule has 5 nitrogen and oxygen atoms in total. The second-order valence-electron chi connectivity index (χ2n) is 3.07. The third kappa shape index (κ3) is 2.13. The number of aliphatic hydroxyl groups excluding tert-OH is 1. The van der Waals surface area contributed by atoms with E-state index in [2.05, 4.69) is 10.1 Å². The highest BCUT2D eigenvalue weighted by Crippen LogP contribution is 2.18. The van der Waals surface area contributed by atoms with Crippen LogP contribution in [-0.2, 0) is 13.0 Å². The van der Waals surface area contributed by atoms with E-state index in [0.29, 0.717) is 12.2 Å². The Bertz CT molecular complexity index is 453. The van der Waals surface area contributed by atoms with Crippen LogP contribution >= 0.6 is 0 Å². The summed E-state index contributed by atoms with van der Waals surface area (Å²) in [7, 11) is 0. The molecule has 0 aliphatic rings. The fourth-order valence-electron chi connectivity index (χ4n) is 1.26. The molecule has 0 fully saturated rings. The molecule has 0 aliphatic carbocycles. The van der Waals surface area contributed by atoms with Crippen molar-refractivity contribution in [3.8, 4) is 5.75 Å². The minimum atomic E-state index is -0.270. The number of nitrogens with zero attached hydrogens (tertiary/aromatic N) is 2. The number of rotatable bonds is 3. The Morgan fingerprint density at radius 3 is 2.73 bits per heavy atom. The van der Waals surface area contributed by atoms with Gasteiger partial charge in [0.1, 0.15) is 12.4 Å². The summed E-state index contributed by atoms with van der Waals surface area (Å²) in [5, 5.41) is 21.9. The normalized spacial score (nSPS) is 10.5. The van der Waals surface area contributed by atoms with Crippen molar-refractivity contribution < 1.29 is 14.7 Å². The van der Waals surface area contributed by atoms with E-state index in [1.807, 2.05) is 6.07 Å². The zero-order valence-corrected chi connectivity index (χ0v) is 7.92. The number of aliphatic hydroxyl groups is 1. The second-order valence-corrected chi connectivity index (χ2v) is 3.07. The van der Waals surface area contributed by atoms with E-state index in [4.69, 9.17) is 9.63 Å². The van der Waals surface area contributed by atoms with Gasteiger partial charge in [0, 0.05) is 12.0 Å². The number of para-hydroxylation sites is 1. The first-order valence-electron chi connectivity index (χ1n) is 4.49. The van der Waals surface area contributed by atoms with Crippen LogP contribution in [0.3, 0.4) is 0 Å². The summed E-state index contributed by atoms with van der Waals surface area (Å²) >= 11 is 0. The van der Waals surface area contributed by atoms with Crippen LogP contribution < -0.4 is 0 Å². The van der Waals surface area contributed by atoms with Crippen molar-refractivity contribution in [1.82, 2.24) is 10.1 Å². The largest absolute Gasteiger partial charge is 0.508 e. The van der Waals surface area contributed by atoms with Crippen LogP contribution in [0, 0.1) is 0 Å². The zero-order chi connectivity index (χ0) is 10.7. The minimum absolute atomic E-state index is 0.181. The van der Waals surface area contributed by atoms with Crippen molar-refractivity contribution in [2.45, 2.75) is 13.0 Å². The standard InChI is InChI=1S/C10H10N2O3/c13-6-10-11-9(12-15-10)5-7-3-1-2-4-8(7)14/h1-4,13-14H,5-6H2. The highest BCUT2D eigenvalue weighted by atomic mass is 16.5. The molecule has 2 aromatic rings. The molecule has 2 rings (SSSR count). The first-order valence-corrected chi connectivity index (χ1v) is 4.49. The van der Waals surface area contributed by atoms with Gasteiger partial charge < -0.3 is 14.7 Å². The van der Waals surface area contributed by atoms with Crippen LogP contribution in [0.2, 0.25) is 0 Å². The Balaban J connectivity index is 2.18. The fraction of sp³-hybridized carbons (Fsp3) is 0.200. The molecule has 0 radical (unpaired) electrons. The molecule has 1 heterocycles. The quantitative estimate of drug-likeness (QED) is 0.778. The maximum atomic E-state index is 9.50. The fourth-order valence-corrected chi connectivity index (χ4v) is 1.26. The van der Waals surface area contributed by atoms with Crippen LogP contribution in [0.25, 0.3) is 0 Å². The van der Waals surface area contributed by atoms with Gasteiger partial charge in [-0.05, 0) is 6.07 Å². The molecule has 1 aromatic carbocycles. The smallest absolute Gasteiger partial charge is 0.252 e. The summed E-state index contributed by atoms with van der Waals surface area (Å²) in [6.07, 6.45) is 0.385. The lowest BCUT2D eigenvalue weighted by Gasteiger charge is -1.99. The number of hydrogen-bond acceptors (Lipinski definition) is 5. The molecule has 0 unspecified atom stereocenters. The molecule has 0 aliphatic heterocycles. The highest BCUT2D eigenvalue weighted by molar-refractivity contribution is 5.33. The van der Waals surface area contributed by atoms with Gasteiger partial charge in [-0.3, -0.25) is 0 Å². The van der Waals surface area contributed by atoms with Crippen molar-refractivity contribution in [2.24, 2.45) is 0 Å². The van der Waals surface area contributed by atoms with Gasteiger partial charge in [0.25, 0.3) is 5.89 Å². The Labute approximate surface area is 86.0 Å². The van der Waals surface area contributed by atoms with Gasteiger partial charge in [-0.1, -0.05) is 23.4 Å². The summed E-state index contributed by atoms with van der Waals surface area (Å²) in [5.74, 6) is 0.828. The topological polar surface area (TPSA) is 79.4 Å². The first-order chi connectivity index (χ1) is 7.29. The third-order valence-electron chi connectivity index (χ3n) is 1.99. The van der Waals surface area contributed by atoms with Crippen molar-refractivity contribution in [1.29, 1.82) is 0 Å². The number of aromatic nitrogens is 2. The van der Waals surface area contributed by atoms with Crippen LogP contribution in [0.15, 0.2) is 28.8 Å². The molecule has 1 aromatic heterocycles. The summed E-state index contributed by atoms with van der Waals surface area (Å²) in [6, 6.07) is 6.95. The molecule has 0 saturated heterocycles. The first kappa shape index (κ1) is 9.67. The van der Waals surface area contributed by atoms with Gasteiger partial charge in [-0.15, -0.1) is 0 Å².